The second-order valence-electron chi connectivity index (χ2n) is 9.14. The van der Waals surface area contributed by atoms with Crippen molar-refractivity contribution in [1.82, 2.24) is 24.8 Å². The van der Waals surface area contributed by atoms with Gasteiger partial charge in [-0.25, -0.2) is 14.8 Å². The summed E-state index contributed by atoms with van der Waals surface area (Å²) in [6.45, 7) is 1.13. The largest absolute Gasteiger partial charge is 0.495 e. The van der Waals surface area contributed by atoms with Crippen LogP contribution in [0.15, 0.2) is 36.8 Å². The van der Waals surface area contributed by atoms with Gasteiger partial charge < -0.3 is 24.8 Å². The van der Waals surface area contributed by atoms with Crippen LogP contribution in [0.5, 0.6) is 5.75 Å². The predicted molar refractivity (Wildman–Crippen MR) is 120 cm³/mol. The van der Waals surface area contributed by atoms with Crippen LogP contribution in [-0.4, -0.2) is 70.0 Å². The lowest BCUT2D eigenvalue weighted by Gasteiger charge is -2.60. The lowest BCUT2D eigenvalue weighted by molar-refractivity contribution is -0.137. The normalized spacial score (nSPS) is 17.1. The maximum absolute atomic E-state index is 13.1. The van der Waals surface area contributed by atoms with E-state index in [1.54, 1.807) is 24.2 Å². The number of fused-ring (bicyclic) bond motifs is 1. The zero-order valence-corrected chi connectivity index (χ0v) is 19.0. The third-order valence-corrected chi connectivity index (χ3v) is 6.87. The molecule has 2 aliphatic rings. The molecular formula is C23H23F3N6O3. The third kappa shape index (κ3) is 4.02. The van der Waals surface area contributed by atoms with Crippen molar-refractivity contribution in [2.75, 3.05) is 32.6 Å². The van der Waals surface area contributed by atoms with Gasteiger partial charge in [-0.1, -0.05) is 0 Å². The monoisotopic (exact) mass is 488 g/mol. The molecule has 2 aromatic heterocycles. The van der Waals surface area contributed by atoms with Crippen LogP contribution in [0.25, 0.3) is 11.0 Å². The number of alkyl halides is 3. The smallest absolute Gasteiger partial charge is 0.416 e. The molecule has 2 N–H and O–H groups in total. The minimum Gasteiger partial charge on any atom is -0.495 e. The summed E-state index contributed by atoms with van der Waals surface area (Å²) in [5, 5.41) is 3.20. The highest BCUT2D eigenvalue weighted by atomic mass is 19.4. The summed E-state index contributed by atoms with van der Waals surface area (Å²) in [4.78, 5) is 40.1. The zero-order chi connectivity index (χ0) is 25.0. The van der Waals surface area contributed by atoms with Gasteiger partial charge in [0.1, 0.15) is 23.4 Å². The Labute approximate surface area is 198 Å². The fourth-order valence-electron chi connectivity index (χ4n) is 4.92. The molecule has 1 spiro atoms. The van der Waals surface area contributed by atoms with Crippen molar-refractivity contribution in [3.05, 3.63) is 48.0 Å². The number of likely N-dealkylation sites (tertiary alicyclic amines) is 1. The van der Waals surface area contributed by atoms with Crippen LogP contribution in [0.1, 0.15) is 28.9 Å². The molecule has 184 valence electrons. The number of carbonyl (C=O) groups is 2. The number of halogens is 3. The number of urea groups is 1. The van der Waals surface area contributed by atoms with Crippen LogP contribution >= 0.6 is 0 Å². The van der Waals surface area contributed by atoms with Crippen molar-refractivity contribution < 1.29 is 27.5 Å². The molecule has 12 heteroatoms. The number of carbonyl (C=O) groups excluding carboxylic acids is 2. The van der Waals surface area contributed by atoms with E-state index in [9.17, 15) is 22.8 Å². The van der Waals surface area contributed by atoms with Crippen molar-refractivity contribution >= 4 is 28.7 Å². The minimum absolute atomic E-state index is 0.0467. The van der Waals surface area contributed by atoms with E-state index < -0.39 is 17.8 Å². The number of methoxy groups -OCH3 is 1. The maximum atomic E-state index is 13.1. The first-order valence-corrected chi connectivity index (χ1v) is 11.0. The Morgan fingerprint density at radius 2 is 1.97 bits per heavy atom. The number of rotatable bonds is 4. The van der Waals surface area contributed by atoms with Crippen molar-refractivity contribution in [3.63, 3.8) is 0 Å². The molecule has 3 amide bonds. The predicted octanol–water partition coefficient (Wildman–Crippen LogP) is 3.75. The molecule has 1 aromatic carbocycles. The Kier molecular flexibility index (Phi) is 5.33. The topological polar surface area (TPSA) is 103 Å². The SMILES string of the molecule is COc1ccc(C(F)(F)F)cc1NC(=O)N(C)C1CC2(C1)CN(C(=O)c1ncnc3[nH]ccc13)C2. The summed E-state index contributed by atoms with van der Waals surface area (Å²) in [5.74, 6) is -0.0203. The van der Waals surface area contributed by atoms with Crippen LogP contribution < -0.4 is 10.1 Å². The average Bonchev–Trinajstić information content (AvgIpc) is 3.25. The van der Waals surface area contributed by atoms with E-state index in [1.165, 1.54) is 24.4 Å². The second kappa shape index (κ2) is 8.14. The van der Waals surface area contributed by atoms with Crippen molar-refractivity contribution in [2.24, 2.45) is 5.41 Å². The van der Waals surface area contributed by atoms with E-state index in [2.05, 4.69) is 20.3 Å². The van der Waals surface area contributed by atoms with Gasteiger partial charge in [0.2, 0.25) is 0 Å². The molecule has 1 aliphatic heterocycles. The number of H-pyrrole nitrogens is 1. The number of aromatic amines is 1. The molecule has 3 aromatic rings. The van der Waals surface area contributed by atoms with Gasteiger partial charge >= 0.3 is 12.2 Å². The highest BCUT2D eigenvalue weighted by molar-refractivity contribution is 6.04. The number of amides is 3. The molecule has 1 saturated carbocycles. The highest BCUT2D eigenvalue weighted by Crippen LogP contribution is 2.50. The van der Waals surface area contributed by atoms with Gasteiger partial charge in [0.05, 0.1) is 23.7 Å². The summed E-state index contributed by atoms with van der Waals surface area (Å²) < 4.78 is 44.3. The number of hydrogen-bond donors (Lipinski definition) is 2. The van der Waals surface area contributed by atoms with E-state index in [4.69, 9.17) is 4.74 Å². The van der Waals surface area contributed by atoms with E-state index in [-0.39, 0.29) is 28.8 Å². The summed E-state index contributed by atoms with van der Waals surface area (Å²) in [6, 6.07) is 4.10. The van der Waals surface area contributed by atoms with Gasteiger partial charge in [0.15, 0.2) is 0 Å². The molecule has 35 heavy (non-hydrogen) atoms. The first-order valence-electron chi connectivity index (χ1n) is 11.0. The van der Waals surface area contributed by atoms with Gasteiger partial charge in [-0.05, 0) is 37.1 Å². The van der Waals surface area contributed by atoms with E-state index >= 15 is 0 Å². The standard InChI is InChI=1S/C23H23F3N6O3/c1-31(21(34)30-16-7-13(23(24,25)26)3-4-17(16)35-2)14-8-22(9-14)10-32(11-22)20(33)18-15-5-6-27-19(15)29-12-28-18/h3-7,12,14H,8-11H2,1-2H3,(H,30,34)(H,27,28,29). The quantitative estimate of drug-likeness (QED) is 0.582. The number of anilines is 1. The lowest BCUT2D eigenvalue weighted by Crippen LogP contribution is -2.67. The fourth-order valence-corrected chi connectivity index (χ4v) is 4.92. The Morgan fingerprint density at radius 1 is 1.23 bits per heavy atom. The molecular weight excluding hydrogens is 465 g/mol. The van der Waals surface area contributed by atoms with E-state index in [1.807, 2.05) is 0 Å². The van der Waals surface area contributed by atoms with Gasteiger partial charge in [-0.15, -0.1) is 0 Å². The number of hydrogen-bond acceptors (Lipinski definition) is 5. The molecule has 2 fully saturated rings. The summed E-state index contributed by atoms with van der Waals surface area (Å²) in [5.41, 5.74) is -0.0263. The number of nitrogens with zero attached hydrogens (tertiary/aromatic N) is 4. The molecule has 3 heterocycles. The van der Waals surface area contributed by atoms with Crippen LogP contribution in [0, 0.1) is 5.41 Å². The first kappa shape index (κ1) is 22.9. The minimum atomic E-state index is -4.54. The number of aromatic nitrogens is 3. The zero-order valence-electron chi connectivity index (χ0n) is 19.0. The fraction of sp³-hybridized carbons (Fsp3) is 0.391. The Bertz CT molecular complexity index is 1290. The molecule has 1 saturated heterocycles. The number of nitrogens with one attached hydrogen (secondary N) is 2. The lowest BCUT2D eigenvalue weighted by atomic mass is 9.60. The van der Waals surface area contributed by atoms with E-state index in [0.29, 0.717) is 42.7 Å². The number of ether oxygens (including phenoxy) is 1. The maximum Gasteiger partial charge on any atom is 0.416 e. The molecule has 0 bridgehead atoms. The summed E-state index contributed by atoms with van der Waals surface area (Å²) >= 11 is 0. The van der Waals surface area contributed by atoms with Crippen molar-refractivity contribution in [2.45, 2.75) is 25.1 Å². The van der Waals surface area contributed by atoms with Gasteiger partial charge in [-0.3, -0.25) is 4.79 Å². The second-order valence-corrected chi connectivity index (χ2v) is 9.14. The Balaban J connectivity index is 1.18. The molecule has 9 nitrogen and oxygen atoms in total. The molecule has 5 rings (SSSR count). The van der Waals surface area contributed by atoms with Crippen LogP contribution in [0.4, 0.5) is 23.7 Å². The molecule has 0 unspecified atom stereocenters. The summed E-state index contributed by atoms with van der Waals surface area (Å²) in [7, 11) is 2.93. The molecule has 0 atom stereocenters. The van der Waals surface area contributed by atoms with Crippen molar-refractivity contribution in [1.29, 1.82) is 0 Å². The summed E-state index contributed by atoms with van der Waals surface area (Å²) in [6.07, 6.45) is -0.0776. The van der Waals surface area contributed by atoms with E-state index in [0.717, 1.165) is 12.1 Å². The van der Waals surface area contributed by atoms with Gasteiger partial charge in [-0.2, -0.15) is 13.2 Å². The van der Waals surface area contributed by atoms with Crippen LogP contribution in [0.2, 0.25) is 0 Å². The van der Waals surface area contributed by atoms with Gasteiger partial charge in [0.25, 0.3) is 5.91 Å². The first-order chi connectivity index (χ1) is 16.6. The average molecular weight is 488 g/mol. The van der Waals surface area contributed by atoms with Crippen LogP contribution in [0.3, 0.4) is 0 Å². The highest BCUT2D eigenvalue weighted by Gasteiger charge is 2.55. The van der Waals surface area contributed by atoms with Gasteiger partial charge in [0, 0.05) is 37.8 Å². The van der Waals surface area contributed by atoms with Crippen molar-refractivity contribution in [3.8, 4) is 5.75 Å². The molecule has 1 aliphatic carbocycles. The Morgan fingerprint density at radius 3 is 2.66 bits per heavy atom. The number of benzene rings is 1. The molecule has 0 radical (unpaired) electrons. The Hall–Kier alpha value is -3.83. The van der Waals surface area contributed by atoms with Crippen LogP contribution in [-0.2, 0) is 6.18 Å². The third-order valence-electron chi connectivity index (χ3n) is 6.87.